The van der Waals surface area contributed by atoms with Crippen LogP contribution in [0.25, 0.3) is 0 Å². The molecule has 0 fully saturated rings. The Kier molecular flexibility index (Phi) is 4.88. The second-order valence-corrected chi connectivity index (χ2v) is 8.32. The molecule has 4 rings (SSSR count). The van der Waals surface area contributed by atoms with E-state index in [1.165, 1.54) is 0 Å². The number of sulfonamides is 1. The fraction of sp³-hybridized carbons (Fsp3) is 0.136. The summed E-state index contributed by atoms with van der Waals surface area (Å²) >= 11 is 0. The first-order valence-corrected chi connectivity index (χ1v) is 10.5. The van der Waals surface area contributed by atoms with Gasteiger partial charge in [0.1, 0.15) is 12.6 Å². The van der Waals surface area contributed by atoms with Crippen LogP contribution in [-0.4, -0.2) is 20.9 Å². The fourth-order valence-electron chi connectivity index (χ4n) is 3.05. The van der Waals surface area contributed by atoms with Crippen molar-refractivity contribution in [2.45, 2.75) is 17.9 Å². The van der Waals surface area contributed by atoms with Crippen LogP contribution in [0, 0.1) is 6.92 Å². The van der Waals surface area contributed by atoms with E-state index in [0.29, 0.717) is 23.8 Å². The van der Waals surface area contributed by atoms with Crippen molar-refractivity contribution < 1.29 is 13.2 Å². The van der Waals surface area contributed by atoms with Crippen molar-refractivity contribution in [1.82, 2.24) is 0 Å². The van der Waals surface area contributed by atoms with E-state index in [1.807, 2.05) is 43.3 Å². The van der Waals surface area contributed by atoms with E-state index in [-0.39, 0.29) is 10.9 Å². The number of anilines is 1. The number of rotatable bonds is 5. The van der Waals surface area contributed by atoms with E-state index >= 15 is 0 Å². The molecule has 0 aromatic heterocycles. The molecular weight excluding hydrogens is 372 g/mol. The number of hydrogen-bond donors (Lipinski definition) is 1. The van der Waals surface area contributed by atoms with Crippen molar-refractivity contribution in [2.24, 2.45) is 4.99 Å². The largest absolute Gasteiger partial charge is 0.475 e. The van der Waals surface area contributed by atoms with Crippen LogP contribution in [0.2, 0.25) is 0 Å². The minimum atomic E-state index is -3.71. The second-order valence-electron chi connectivity index (χ2n) is 6.64. The molecule has 1 N–H and O–H groups in total. The topological polar surface area (TPSA) is 67.8 Å². The van der Waals surface area contributed by atoms with Gasteiger partial charge in [-0.15, -0.1) is 0 Å². The van der Waals surface area contributed by atoms with Gasteiger partial charge in [0.15, 0.2) is 0 Å². The van der Waals surface area contributed by atoms with Crippen LogP contribution >= 0.6 is 0 Å². The molecule has 28 heavy (non-hydrogen) atoms. The summed E-state index contributed by atoms with van der Waals surface area (Å²) in [4.78, 5) is 4.88. The molecule has 0 spiro atoms. The van der Waals surface area contributed by atoms with Gasteiger partial charge < -0.3 is 4.74 Å². The third kappa shape index (κ3) is 3.77. The molecule has 142 valence electrons. The third-order valence-corrected chi connectivity index (χ3v) is 5.95. The minimum Gasteiger partial charge on any atom is -0.475 e. The number of nitrogens with zero attached hydrogens (tertiary/aromatic N) is 1. The van der Waals surface area contributed by atoms with Crippen LogP contribution in [0.3, 0.4) is 0 Å². The Morgan fingerprint density at radius 1 is 0.929 bits per heavy atom. The van der Waals surface area contributed by atoms with Gasteiger partial charge >= 0.3 is 0 Å². The number of hydrogen-bond acceptors (Lipinski definition) is 4. The van der Waals surface area contributed by atoms with E-state index in [4.69, 9.17) is 4.74 Å². The molecule has 1 aliphatic heterocycles. The highest BCUT2D eigenvalue weighted by Gasteiger charge is 2.24. The van der Waals surface area contributed by atoms with Crippen LogP contribution in [-0.2, 0) is 14.8 Å². The van der Waals surface area contributed by atoms with Crippen molar-refractivity contribution in [3.05, 3.63) is 95.6 Å². The van der Waals surface area contributed by atoms with E-state index in [0.717, 1.165) is 11.1 Å². The molecule has 1 heterocycles. The summed E-state index contributed by atoms with van der Waals surface area (Å²) in [6, 6.07) is 23.7. The summed E-state index contributed by atoms with van der Waals surface area (Å²) in [5.41, 5.74) is 3.13. The molecule has 0 unspecified atom stereocenters. The molecule has 0 saturated carbocycles. The zero-order chi connectivity index (χ0) is 19.6. The Labute approximate surface area is 164 Å². The number of nitrogens with one attached hydrogen (secondary N) is 1. The van der Waals surface area contributed by atoms with Crippen molar-refractivity contribution in [1.29, 1.82) is 0 Å². The van der Waals surface area contributed by atoms with Gasteiger partial charge in [-0.25, -0.2) is 13.4 Å². The lowest BCUT2D eigenvalue weighted by Gasteiger charge is -2.12. The van der Waals surface area contributed by atoms with Gasteiger partial charge in [0.25, 0.3) is 10.0 Å². The molecule has 0 radical (unpaired) electrons. The number of aryl methyl sites for hydroxylation is 1. The monoisotopic (exact) mass is 392 g/mol. The highest BCUT2D eigenvalue weighted by Crippen LogP contribution is 2.28. The SMILES string of the molecule is Cc1ccc(S(=O)(=O)Nc2ccccc2C2=N[C@H](c3ccccc3)CO2)cc1. The van der Waals surface area contributed by atoms with E-state index in [2.05, 4.69) is 9.71 Å². The average molecular weight is 392 g/mol. The van der Waals surface area contributed by atoms with Crippen LogP contribution in [0.4, 0.5) is 5.69 Å². The number of aliphatic imine (C=N–C) groups is 1. The third-order valence-electron chi connectivity index (χ3n) is 4.57. The Balaban J connectivity index is 1.64. The maximum atomic E-state index is 12.8. The Bertz CT molecular complexity index is 1110. The number of benzene rings is 3. The van der Waals surface area contributed by atoms with E-state index in [1.54, 1.807) is 42.5 Å². The quantitative estimate of drug-likeness (QED) is 0.703. The molecule has 0 amide bonds. The first-order valence-electron chi connectivity index (χ1n) is 8.97. The van der Waals surface area contributed by atoms with Crippen LogP contribution in [0.15, 0.2) is 88.8 Å². The highest BCUT2D eigenvalue weighted by atomic mass is 32.2. The van der Waals surface area contributed by atoms with Gasteiger partial charge in [-0.1, -0.05) is 60.2 Å². The van der Waals surface area contributed by atoms with Gasteiger partial charge in [-0.2, -0.15) is 0 Å². The number of para-hydroxylation sites is 1. The van der Waals surface area contributed by atoms with E-state index < -0.39 is 10.0 Å². The molecule has 0 saturated heterocycles. The molecule has 1 atom stereocenters. The van der Waals surface area contributed by atoms with Crippen LogP contribution in [0.1, 0.15) is 22.7 Å². The summed E-state index contributed by atoms with van der Waals surface area (Å²) in [5.74, 6) is 0.441. The standard InChI is InChI=1S/C22H20N2O3S/c1-16-11-13-18(14-12-16)28(25,26)24-20-10-6-5-9-19(20)22-23-21(15-27-22)17-7-3-2-4-8-17/h2-14,21,24H,15H2,1H3/t21-/m0/s1. The summed E-state index contributed by atoms with van der Waals surface area (Å²) in [5, 5.41) is 0. The lowest BCUT2D eigenvalue weighted by Crippen LogP contribution is -2.16. The highest BCUT2D eigenvalue weighted by molar-refractivity contribution is 7.92. The van der Waals surface area contributed by atoms with Gasteiger partial charge in [0.05, 0.1) is 16.1 Å². The van der Waals surface area contributed by atoms with Gasteiger partial charge in [0.2, 0.25) is 5.90 Å². The average Bonchev–Trinajstić information content (AvgIpc) is 3.19. The van der Waals surface area contributed by atoms with Crippen molar-refractivity contribution in [2.75, 3.05) is 11.3 Å². The number of ether oxygens (including phenoxy) is 1. The van der Waals surface area contributed by atoms with E-state index in [9.17, 15) is 8.42 Å². The zero-order valence-corrected chi connectivity index (χ0v) is 16.2. The molecule has 3 aromatic carbocycles. The molecular formula is C22H20N2O3S. The molecule has 5 nitrogen and oxygen atoms in total. The van der Waals surface area contributed by atoms with Gasteiger partial charge in [-0.05, 0) is 36.8 Å². The summed E-state index contributed by atoms with van der Waals surface area (Å²) in [6.45, 7) is 2.34. The van der Waals surface area contributed by atoms with Gasteiger partial charge in [-0.3, -0.25) is 4.72 Å². The second kappa shape index (κ2) is 7.48. The summed E-state index contributed by atoms with van der Waals surface area (Å²) in [6.07, 6.45) is 0. The lowest BCUT2D eigenvalue weighted by molar-refractivity contribution is 0.320. The first-order chi connectivity index (χ1) is 13.5. The molecule has 1 aliphatic rings. The minimum absolute atomic E-state index is 0.0991. The van der Waals surface area contributed by atoms with Crippen molar-refractivity contribution >= 4 is 21.6 Å². The lowest BCUT2D eigenvalue weighted by atomic mass is 10.1. The molecule has 6 heteroatoms. The predicted molar refractivity (Wildman–Crippen MR) is 110 cm³/mol. The Hall–Kier alpha value is -3.12. The fourth-order valence-corrected chi connectivity index (χ4v) is 4.13. The molecule has 0 aliphatic carbocycles. The Morgan fingerprint density at radius 3 is 2.36 bits per heavy atom. The van der Waals surface area contributed by atoms with Crippen LogP contribution in [0.5, 0.6) is 0 Å². The molecule has 3 aromatic rings. The van der Waals surface area contributed by atoms with Gasteiger partial charge in [0, 0.05) is 0 Å². The Morgan fingerprint density at radius 2 is 1.61 bits per heavy atom. The van der Waals surface area contributed by atoms with Crippen molar-refractivity contribution in [3.63, 3.8) is 0 Å². The first kappa shape index (κ1) is 18.3. The summed E-state index contributed by atoms with van der Waals surface area (Å²) < 4.78 is 34.0. The predicted octanol–water partition coefficient (Wildman–Crippen LogP) is 4.31. The molecule has 0 bridgehead atoms. The maximum Gasteiger partial charge on any atom is 0.261 e. The zero-order valence-electron chi connectivity index (χ0n) is 15.4. The van der Waals surface area contributed by atoms with Crippen LogP contribution < -0.4 is 4.72 Å². The normalized spacial score (nSPS) is 16.3. The summed E-state index contributed by atoms with van der Waals surface area (Å²) in [7, 11) is -3.71. The van der Waals surface area contributed by atoms with Crippen molar-refractivity contribution in [3.8, 4) is 0 Å². The maximum absolute atomic E-state index is 12.8. The smallest absolute Gasteiger partial charge is 0.261 e.